The molecule has 0 amide bonds. The van der Waals surface area contributed by atoms with Gasteiger partial charge in [-0.25, -0.2) is 0 Å². The molecule has 0 aliphatic heterocycles. The zero-order chi connectivity index (χ0) is 8.97. The highest BCUT2D eigenvalue weighted by molar-refractivity contribution is 9.10. The molecule has 0 atom stereocenters. The zero-order valence-corrected chi connectivity index (χ0v) is 7.74. The summed E-state index contributed by atoms with van der Waals surface area (Å²) in [6.45, 7) is 0. The molecule has 0 unspecified atom stereocenters. The van der Waals surface area contributed by atoms with Crippen LogP contribution in [-0.2, 0) is 0 Å². The Morgan fingerprint density at radius 1 is 1.50 bits per heavy atom. The van der Waals surface area contributed by atoms with E-state index in [1.54, 1.807) is 18.2 Å². The average molecular weight is 226 g/mol. The standard InChI is InChI=1S/C9H7BrO2/c10-8-3-1-2-7(6-8)9(12)4-5-11/h1-6,11H/p-1. The van der Waals surface area contributed by atoms with Crippen LogP contribution in [-0.4, -0.2) is 5.78 Å². The quantitative estimate of drug-likeness (QED) is 0.435. The average Bonchev–Trinajstić information content (AvgIpc) is 2.05. The maximum Gasteiger partial charge on any atom is 0.184 e. The Bertz CT molecular complexity index is 318. The van der Waals surface area contributed by atoms with Gasteiger partial charge in [0.2, 0.25) is 0 Å². The van der Waals surface area contributed by atoms with Crippen molar-refractivity contribution in [2.75, 3.05) is 0 Å². The van der Waals surface area contributed by atoms with Gasteiger partial charge in [0.05, 0.1) is 0 Å². The molecule has 1 rings (SSSR count). The lowest BCUT2D eigenvalue weighted by Crippen LogP contribution is -1.96. The summed E-state index contributed by atoms with van der Waals surface area (Å²) < 4.78 is 0.827. The van der Waals surface area contributed by atoms with Gasteiger partial charge in [-0.05, 0) is 18.2 Å². The van der Waals surface area contributed by atoms with Crippen LogP contribution in [0.25, 0.3) is 0 Å². The van der Waals surface area contributed by atoms with E-state index in [0.717, 1.165) is 10.5 Å². The Hall–Kier alpha value is -1.09. The SMILES string of the molecule is O=C(C=C[O-])c1cccc(Br)c1. The Labute approximate surface area is 78.7 Å². The molecule has 0 saturated heterocycles. The third-order valence-corrected chi connectivity index (χ3v) is 1.82. The molecule has 12 heavy (non-hydrogen) atoms. The van der Waals surface area contributed by atoms with Crippen molar-refractivity contribution in [3.63, 3.8) is 0 Å². The second kappa shape index (κ2) is 4.07. The highest BCUT2D eigenvalue weighted by Crippen LogP contribution is 2.12. The fourth-order valence-corrected chi connectivity index (χ4v) is 1.20. The monoisotopic (exact) mass is 225 g/mol. The third kappa shape index (κ3) is 2.20. The molecular formula is C9H6BrO2-. The lowest BCUT2D eigenvalue weighted by atomic mass is 10.1. The summed E-state index contributed by atoms with van der Waals surface area (Å²) in [5.41, 5.74) is 0.511. The number of carbonyl (C=O) groups excluding carboxylic acids is 1. The summed E-state index contributed by atoms with van der Waals surface area (Å²) >= 11 is 3.23. The van der Waals surface area contributed by atoms with Crippen LogP contribution in [0.4, 0.5) is 0 Å². The second-order valence-corrected chi connectivity index (χ2v) is 3.09. The molecule has 1 aromatic rings. The number of allylic oxidation sites excluding steroid dienone is 1. The number of carbonyl (C=O) groups is 1. The summed E-state index contributed by atoms with van der Waals surface area (Å²) in [4.78, 5) is 11.1. The lowest BCUT2D eigenvalue weighted by molar-refractivity contribution is -0.274. The molecule has 0 bridgehead atoms. The van der Waals surface area contributed by atoms with Crippen molar-refractivity contribution in [1.82, 2.24) is 0 Å². The van der Waals surface area contributed by atoms with E-state index < -0.39 is 0 Å². The maximum absolute atomic E-state index is 11.1. The summed E-state index contributed by atoms with van der Waals surface area (Å²) in [5, 5.41) is 9.99. The number of ketones is 1. The van der Waals surface area contributed by atoms with Gasteiger partial charge in [-0.3, -0.25) is 4.79 Å². The minimum Gasteiger partial charge on any atom is -0.878 e. The van der Waals surface area contributed by atoms with E-state index in [9.17, 15) is 9.90 Å². The van der Waals surface area contributed by atoms with E-state index >= 15 is 0 Å². The Kier molecular flexibility index (Phi) is 3.05. The van der Waals surface area contributed by atoms with Crippen molar-refractivity contribution in [2.45, 2.75) is 0 Å². The summed E-state index contributed by atoms with van der Waals surface area (Å²) in [5.74, 6) is -0.272. The smallest absolute Gasteiger partial charge is 0.184 e. The van der Waals surface area contributed by atoms with E-state index in [1.807, 2.05) is 6.07 Å². The van der Waals surface area contributed by atoms with Crippen LogP contribution in [0.1, 0.15) is 10.4 Å². The van der Waals surface area contributed by atoms with Crippen molar-refractivity contribution in [2.24, 2.45) is 0 Å². The molecule has 1 aromatic carbocycles. The summed E-state index contributed by atoms with van der Waals surface area (Å²) in [6, 6.07) is 6.89. The Balaban J connectivity index is 2.96. The largest absolute Gasteiger partial charge is 0.878 e. The number of hydrogen-bond acceptors (Lipinski definition) is 2. The molecule has 0 spiro atoms. The minimum atomic E-state index is -0.272. The number of hydrogen-bond donors (Lipinski definition) is 0. The molecule has 0 radical (unpaired) electrons. The molecule has 2 nitrogen and oxygen atoms in total. The topological polar surface area (TPSA) is 40.1 Å². The van der Waals surface area contributed by atoms with Crippen LogP contribution in [0, 0.1) is 0 Å². The molecule has 3 heteroatoms. The zero-order valence-electron chi connectivity index (χ0n) is 6.16. The highest BCUT2D eigenvalue weighted by atomic mass is 79.9. The molecule has 0 aliphatic rings. The van der Waals surface area contributed by atoms with Gasteiger partial charge in [0, 0.05) is 10.0 Å². The van der Waals surface area contributed by atoms with Gasteiger partial charge in [0.1, 0.15) is 0 Å². The van der Waals surface area contributed by atoms with Gasteiger partial charge in [-0.2, -0.15) is 0 Å². The van der Waals surface area contributed by atoms with Crippen LogP contribution in [0.3, 0.4) is 0 Å². The van der Waals surface area contributed by atoms with Crippen LogP contribution >= 0.6 is 15.9 Å². The third-order valence-electron chi connectivity index (χ3n) is 1.33. The number of rotatable bonds is 2. The molecule has 0 heterocycles. The van der Waals surface area contributed by atoms with Crippen molar-refractivity contribution < 1.29 is 9.90 Å². The Morgan fingerprint density at radius 2 is 2.25 bits per heavy atom. The predicted molar refractivity (Wildman–Crippen MR) is 47.6 cm³/mol. The van der Waals surface area contributed by atoms with E-state index in [1.165, 1.54) is 0 Å². The Morgan fingerprint density at radius 3 is 2.83 bits per heavy atom. The molecule has 0 aromatic heterocycles. The first-order chi connectivity index (χ1) is 5.74. The van der Waals surface area contributed by atoms with Gasteiger partial charge < -0.3 is 5.11 Å². The van der Waals surface area contributed by atoms with Crippen LogP contribution in [0.15, 0.2) is 41.1 Å². The van der Waals surface area contributed by atoms with Crippen LogP contribution in [0.5, 0.6) is 0 Å². The minimum absolute atomic E-state index is 0.272. The van der Waals surface area contributed by atoms with Crippen molar-refractivity contribution in [3.05, 3.63) is 46.6 Å². The molecule has 0 N–H and O–H groups in total. The van der Waals surface area contributed by atoms with E-state index in [-0.39, 0.29) is 5.78 Å². The summed E-state index contributed by atoms with van der Waals surface area (Å²) in [6.07, 6.45) is 1.49. The van der Waals surface area contributed by atoms with Gasteiger partial charge in [-0.1, -0.05) is 28.1 Å². The van der Waals surface area contributed by atoms with E-state index in [0.29, 0.717) is 11.8 Å². The predicted octanol–water partition coefficient (Wildman–Crippen LogP) is 1.51. The van der Waals surface area contributed by atoms with Crippen molar-refractivity contribution in [1.29, 1.82) is 0 Å². The molecule has 62 valence electrons. The van der Waals surface area contributed by atoms with Gasteiger partial charge in [0.15, 0.2) is 5.78 Å². The fraction of sp³-hybridized carbons (Fsp3) is 0. The number of halogens is 1. The van der Waals surface area contributed by atoms with Crippen LogP contribution < -0.4 is 5.11 Å². The second-order valence-electron chi connectivity index (χ2n) is 2.18. The van der Waals surface area contributed by atoms with Crippen molar-refractivity contribution in [3.8, 4) is 0 Å². The van der Waals surface area contributed by atoms with Gasteiger partial charge in [-0.15, -0.1) is 6.26 Å². The summed E-state index contributed by atoms with van der Waals surface area (Å²) in [7, 11) is 0. The first kappa shape index (κ1) is 9.00. The van der Waals surface area contributed by atoms with E-state index in [4.69, 9.17) is 0 Å². The van der Waals surface area contributed by atoms with Crippen molar-refractivity contribution >= 4 is 21.7 Å². The van der Waals surface area contributed by atoms with E-state index in [2.05, 4.69) is 15.9 Å². The first-order valence-electron chi connectivity index (χ1n) is 3.32. The number of benzene rings is 1. The highest BCUT2D eigenvalue weighted by Gasteiger charge is 1.99. The molecule has 0 saturated carbocycles. The van der Waals surface area contributed by atoms with Gasteiger partial charge >= 0.3 is 0 Å². The molecular weight excluding hydrogens is 220 g/mol. The molecule has 0 aliphatic carbocycles. The van der Waals surface area contributed by atoms with Crippen LogP contribution in [0.2, 0.25) is 0 Å². The normalized spacial score (nSPS) is 10.4. The van der Waals surface area contributed by atoms with Gasteiger partial charge in [0.25, 0.3) is 0 Å². The maximum atomic E-state index is 11.1. The first-order valence-corrected chi connectivity index (χ1v) is 4.12. The fourth-order valence-electron chi connectivity index (χ4n) is 0.800. The lowest BCUT2D eigenvalue weighted by Gasteiger charge is -1.96. The molecule has 0 fully saturated rings.